The molecule has 1 atom stereocenters. The molecule has 0 saturated heterocycles. The van der Waals surface area contributed by atoms with E-state index in [1.807, 2.05) is 18.2 Å². The van der Waals surface area contributed by atoms with Gasteiger partial charge in [0, 0.05) is 10.6 Å². The molecule has 0 saturated carbocycles. The predicted molar refractivity (Wildman–Crippen MR) is 80.1 cm³/mol. The summed E-state index contributed by atoms with van der Waals surface area (Å²) in [6.45, 7) is 0.112. The van der Waals surface area contributed by atoms with E-state index in [9.17, 15) is 9.50 Å². The molecule has 2 aromatic rings. The highest BCUT2D eigenvalue weighted by Gasteiger charge is 2.18. The molecule has 0 fully saturated rings. The zero-order chi connectivity index (χ0) is 14.8. The molecule has 0 spiro atoms. The van der Waals surface area contributed by atoms with E-state index < -0.39 is 6.10 Å². The van der Waals surface area contributed by atoms with Gasteiger partial charge in [0.05, 0.1) is 6.10 Å². The first-order chi connectivity index (χ1) is 10.1. The largest absolute Gasteiger partial charge is 0.489 e. The molecule has 0 aliphatic heterocycles. The van der Waals surface area contributed by atoms with E-state index in [1.54, 1.807) is 6.07 Å². The number of halogens is 2. The number of aryl methyl sites for hydroxylation is 1. The molecule has 110 valence electrons. The van der Waals surface area contributed by atoms with Crippen LogP contribution in [0.4, 0.5) is 4.39 Å². The van der Waals surface area contributed by atoms with E-state index in [4.69, 9.17) is 16.3 Å². The fraction of sp³-hybridized carbons (Fsp3) is 0.294. The molecular formula is C17H16ClFO2. The zero-order valence-electron chi connectivity index (χ0n) is 11.5. The minimum atomic E-state index is -0.430. The minimum Gasteiger partial charge on any atom is -0.489 e. The van der Waals surface area contributed by atoms with Gasteiger partial charge in [-0.2, -0.15) is 0 Å². The fourth-order valence-electron chi connectivity index (χ4n) is 2.66. The summed E-state index contributed by atoms with van der Waals surface area (Å²) in [6, 6.07) is 10.1. The summed E-state index contributed by atoms with van der Waals surface area (Å²) in [5.41, 5.74) is 2.50. The van der Waals surface area contributed by atoms with Gasteiger partial charge in [0.15, 0.2) is 0 Å². The Morgan fingerprint density at radius 1 is 1.24 bits per heavy atom. The van der Waals surface area contributed by atoms with Crippen molar-refractivity contribution in [1.82, 2.24) is 0 Å². The molecular weight excluding hydrogens is 291 g/mol. The molecule has 0 aromatic heterocycles. The molecule has 21 heavy (non-hydrogen) atoms. The average Bonchev–Trinajstić information content (AvgIpc) is 2.49. The van der Waals surface area contributed by atoms with Crippen LogP contribution in [0.5, 0.6) is 5.75 Å². The second-order valence-electron chi connectivity index (χ2n) is 5.29. The first kappa shape index (κ1) is 14.4. The molecule has 0 amide bonds. The Balaban J connectivity index is 1.76. The third kappa shape index (κ3) is 3.20. The molecule has 2 aromatic carbocycles. The summed E-state index contributed by atoms with van der Waals surface area (Å²) in [6.07, 6.45) is 2.33. The van der Waals surface area contributed by atoms with Crippen LogP contribution in [0.2, 0.25) is 5.02 Å². The van der Waals surface area contributed by atoms with Gasteiger partial charge in [0.25, 0.3) is 0 Å². The van der Waals surface area contributed by atoms with E-state index in [-0.39, 0.29) is 12.4 Å². The Labute approximate surface area is 128 Å². The minimum absolute atomic E-state index is 0.112. The smallest absolute Gasteiger partial charge is 0.129 e. The van der Waals surface area contributed by atoms with Crippen molar-refractivity contribution >= 4 is 11.6 Å². The number of hydrogen-bond acceptors (Lipinski definition) is 2. The molecule has 2 nitrogen and oxygen atoms in total. The van der Waals surface area contributed by atoms with Gasteiger partial charge >= 0.3 is 0 Å². The van der Waals surface area contributed by atoms with Gasteiger partial charge in [-0.05, 0) is 60.7 Å². The fourth-order valence-corrected chi connectivity index (χ4v) is 2.85. The summed E-state index contributed by atoms with van der Waals surface area (Å²) >= 11 is 5.86. The highest BCUT2D eigenvalue weighted by Crippen LogP contribution is 2.32. The molecule has 1 aliphatic rings. The molecule has 4 heteroatoms. The topological polar surface area (TPSA) is 29.5 Å². The summed E-state index contributed by atoms with van der Waals surface area (Å²) < 4.78 is 19.3. The van der Waals surface area contributed by atoms with E-state index in [1.165, 1.54) is 12.1 Å². The van der Waals surface area contributed by atoms with Crippen LogP contribution in [0, 0.1) is 5.82 Å². The van der Waals surface area contributed by atoms with Crippen LogP contribution in [-0.4, -0.2) is 5.11 Å². The number of hydrogen-bond donors (Lipinski definition) is 1. The maximum atomic E-state index is 13.6. The average molecular weight is 307 g/mol. The van der Waals surface area contributed by atoms with Gasteiger partial charge in [-0.15, -0.1) is 0 Å². The van der Waals surface area contributed by atoms with Crippen molar-refractivity contribution in [3.05, 3.63) is 63.9 Å². The molecule has 3 rings (SSSR count). The standard InChI is InChI=1S/C17H16ClFO2/c18-13-5-7-16(19)12(8-13)10-21-14-6-4-11-2-1-3-17(20)15(11)9-14/h4-9,17,20H,1-3,10H2/t17-/m0/s1. The van der Waals surface area contributed by atoms with Crippen molar-refractivity contribution in [2.75, 3.05) is 0 Å². The van der Waals surface area contributed by atoms with Crippen molar-refractivity contribution < 1.29 is 14.2 Å². The number of ether oxygens (including phenoxy) is 1. The molecule has 0 radical (unpaired) electrons. The predicted octanol–water partition coefficient (Wildman–Crippen LogP) is 4.43. The Bertz CT molecular complexity index is 657. The van der Waals surface area contributed by atoms with Crippen LogP contribution in [0.25, 0.3) is 0 Å². The summed E-state index contributed by atoms with van der Waals surface area (Å²) in [7, 11) is 0. The third-order valence-corrected chi connectivity index (χ3v) is 4.04. The normalized spacial score (nSPS) is 17.4. The van der Waals surface area contributed by atoms with E-state index >= 15 is 0 Å². The Morgan fingerprint density at radius 2 is 2.10 bits per heavy atom. The van der Waals surface area contributed by atoms with Crippen LogP contribution in [0.15, 0.2) is 36.4 Å². The second-order valence-corrected chi connectivity index (χ2v) is 5.73. The van der Waals surface area contributed by atoms with Crippen molar-refractivity contribution in [3.8, 4) is 5.75 Å². The Morgan fingerprint density at radius 3 is 2.95 bits per heavy atom. The van der Waals surface area contributed by atoms with Crippen molar-refractivity contribution in [2.45, 2.75) is 32.0 Å². The maximum absolute atomic E-state index is 13.6. The monoisotopic (exact) mass is 306 g/mol. The highest BCUT2D eigenvalue weighted by molar-refractivity contribution is 6.30. The zero-order valence-corrected chi connectivity index (χ0v) is 12.2. The molecule has 1 aliphatic carbocycles. The van der Waals surface area contributed by atoms with Crippen LogP contribution in [-0.2, 0) is 13.0 Å². The van der Waals surface area contributed by atoms with Gasteiger partial charge in [0.1, 0.15) is 18.2 Å². The van der Waals surface area contributed by atoms with Gasteiger partial charge in [-0.1, -0.05) is 17.7 Å². The van der Waals surface area contributed by atoms with Gasteiger partial charge in [0.2, 0.25) is 0 Å². The summed E-state index contributed by atoms with van der Waals surface area (Å²) in [5, 5.41) is 10.5. The van der Waals surface area contributed by atoms with Gasteiger partial charge < -0.3 is 9.84 Å². The van der Waals surface area contributed by atoms with Crippen LogP contribution >= 0.6 is 11.6 Å². The molecule has 0 bridgehead atoms. The quantitative estimate of drug-likeness (QED) is 0.909. The number of benzene rings is 2. The lowest BCUT2D eigenvalue weighted by Crippen LogP contribution is -2.09. The van der Waals surface area contributed by atoms with Crippen molar-refractivity contribution in [2.24, 2.45) is 0 Å². The van der Waals surface area contributed by atoms with Gasteiger partial charge in [-0.3, -0.25) is 0 Å². The van der Waals surface area contributed by atoms with Gasteiger partial charge in [-0.25, -0.2) is 4.39 Å². The third-order valence-electron chi connectivity index (χ3n) is 3.80. The molecule has 0 heterocycles. The second kappa shape index (κ2) is 6.04. The van der Waals surface area contributed by atoms with E-state index in [0.717, 1.165) is 30.4 Å². The van der Waals surface area contributed by atoms with Crippen molar-refractivity contribution in [1.29, 1.82) is 0 Å². The van der Waals surface area contributed by atoms with Crippen LogP contribution in [0.1, 0.15) is 35.6 Å². The molecule has 1 N–H and O–H groups in total. The number of aliphatic hydroxyl groups is 1. The van der Waals surface area contributed by atoms with Crippen LogP contribution < -0.4 is 4.74 Å². The lowest BCUT2D eigenvalue weighted by atomic mass is 9.89. The first-order valence-electron chi connectivity index (χ1n) is 7.01. The maximum Gasteiger partial charge on any atom is 0.129 e. The van der Waals surface area contributed by atoms with E-state index in [2.05, 4.69) is 0 Å². The van der Waals surface area contributed by atoms with Crippen molar-refractivity contribution in [3.63, 3.8) is 0 Å². The lowest BCUT2D eigenvalue weighted by molar-refractivity contribution is 0.156. The number of rotatable bonds is 3. The summed E-state index contributed by atoms with van der Waals surface area (Å²) in [4.78, 5) is 0. The highest BCUT2D eigenvalue weighted by atomic mass is 35.5. The van der Waals surface area contributed by atoms with E-state index in [0.29, 0.717) is 16.3 Å². The lowest BCUT2D eigenvalue weighted by Gasteiger charge is -2.22. The number of aliphatic hydroxyl groups excluding tert-OH is 1. The SMILES string of the molecule is O[C@H]1CCCc2ccc(OCc3cc(Cl)ccc3F)cc21. The first-order valence-corrected chi connectivity index (χ1v) is 7.39. The summed E-state index contributed by atoms with van der Waals surface area (Å²) in [5.74, 6) is 0.298. The molecule has 0 unspecified atom stereocenters. The Kier molecular flexibility index (Phi) is 4.13. The Hall–Kier alpha value is -1.58. The van der Waals surface area contributed by atoms with Crippen LogP contribution in [0.3, 0.4) is 0 Å². The number of fused-ring (bicyclic) bond motifs is 1.